The van der Waals surface area contributed by atoms with E-state index in [1.165, 1.54) is 20.9 Å². The van der Waals surface area contributed by atoms with Crippen molar-refractivity contribution in [1.82, 2.24) is 10.2 Å². The zero-order valence-electron chi connectivity index (χ0n) is 11.7. The van der Waals surface area contributed by atoms with Crippen molar-refractivity contribution in [3.05, 3.63) is 35.4 Å². The lowest BCUT2D eigenvalue weighted by molar-refractivity contribution is -0.146. The maximum absolute atomic E-state index is 11.9. The molecule has 0 bridgehead atoms. The van der Waals surface area contributed by atoms with Gasteiger partial charge in [0.25, 0.3) is 0 Å². The third kappa shape index (κ3) is 3.48. The number of aliphatic carboxylic acids is 1. The molecule has 0 radical (unpaired) electrons. The lowest BCUT2D eigenvalue weighted by Gasteiger charge is -2.31. The van der Waals surface area contributed by atoms with E-state index in [1.54, 1.807) is 24.3 Å². The minimum Gasteiger partial charge on any atom is -0.480 e. The lowest BCUT2D eigenvalue weighted by Crippen LogP contribution is -2.53. The summed E-state index contributed by atoms with van der Waals surface area (Å²) in [6.07, 6.45) is 0. The first kappa shape index (κ1) is 15.5. The number of carboxylic acid groups (broad SMARTS) is 1. The number of carbonyl (C=O) groups is 2. The van der Waals surface area contributed by atoms with Gasteiger partial charge in [0.1, 0.15) is 5.54 Å². The van der Waals surface area contributed by atoms with Gasteiger partial charge in [-0.1, -0.05) is 12.1 Å². The normalized spacial score (nSPS) is 10.5. The summed E-state index contributed by atoms with van der Waals surface area (Å²) < 4.78 is 0. The molecule has 0 fully saturated rings. The maximum atomic E-state index is 11.9. The van der Waals surface area contributed by atoms with Crippen LogP contribution >= 0.6 is 0 Å². The fraction of sp³-hybridized carbons (Fsp3) is 0.357. The molecule has 0 aliphatic carbocycles. The maximum Gasteiger partial charge on any atom is 0.329 e. The highest BCUT2D eigenvalue weighted by Gasteiger charge is 2.35. The molecule has 0 aliphatic heterocycles. The van der Waals surface area contributed by atoms with Crippen molar-refractivity contribution in [3.8, 4) is 6.07 Å². The van der Waals surface area contributed by atoms with Crippen LogP contribution in [-0.4, -0.2) is 34.6 Å². The Kier molecular flexibility index (Phi) is 4.70. The number of urea groups is 1. The van der Waals surface area contributed by atoms with Crippen molar-refractivity contribution in [1.29, 1.82) is 5.26 Å². The Morgan fingerprint density at radius 2 is 1.90 bits per heavy atom. The molecule has 0 unspecified atom stereocenters. The largest absolute Gasteiger partial charge is 0.480 e. The summed E-state index contributed by atoms with van der Waals surface area (Å²) in [7, 11) is 1.43. The van der Waals surface area contributed by atoms with Gasteiger partial charge in [0.15, 0.2) is 0 Å². The quantitative estimate of drug-likeness (QED) is 0.872. The van der Waals surface area contributed by atoms with Crippen LogP contribution < -0.4 is 5.32 Å². The van der Waals surface area contributed by atoms with Crippen LogP contribution in [-0.2, 0) is 11.3 Å². The van der Waals surface area contributed by atoms with Crippen molar-refractivity contribution >= 4 is 12.0 Å². The van der Waals surface area contributed by atoms with E-state index in [2.05, 4.69) is 5.32 Å². The van der Waals surface area contributed by atoms with Gasteiger partial charge < -0.3 is 15.3 Å². The number of nitriles is 1. The van der Waals surface area contributed by atoms with Gasteiger partial charge in [-0.2, -0.15) is 5.26 Å². The van der Waals surface area contributed by atoms with Gasteiger partial charge in [-0.25, -0.2) is 9.59 Å². The molecule has 1 rings (SSSR count). The molecule has 0 heterocycles. The van der Waals surface area contributed by atoms with Crippen LogP contribution in [0, 0.1) is 11.3 Å². The monoisotopic (exact) mass is 275 g/mol. The molecule has 0 aliphatic rings. The predicted molar refractivity (Wildman–Crippen MR) is 72.9 cm³/mol. The van der Waals surface area contributed by atoms with Crippen molar-refractivity contribution in [3.63, 3.8) is 0 Å². The third-order valence-electron chi connectivity index (χ3n) is 3.19. The van der Waals surface area contributed by atoms with E-state index in [0.717, 1.165) is 10.5 Å². The van der Waals surface area contributed by atoms with Gasteiger partial charge in [0.2, 0.25) is 0 Å². The number of nitrogens with one attached hydrogen (secondary N) is 1. The SMILES string of the molecule is CN(C(=O)NCc1ccc(C#N)cc1)C(C)(C)C(=O)O. The average molecular weight is 275 g/mol. The van der Waals surface area contributed by atoms with E-state index in [0.29, 0.717) is 5.56 Å². The summed E-state index contributed by atoms with van der Waals surface area (Å²) in [6.45, 7) is 3.18. The summed E-state index contributed by atoms with van der Waals surface area (Å²) in [5, 5.41) is 20.4. The van der Waals surface area contributed by atoms with E-state index >= 15 is 0 Å². The highest BCUT2D eigenvalue weighted by molar-refractivity contribution is 5.85. The lowest BCUT2D eigenvalue weighted by atomic mass is 10.1. The Morgan fingerprint density at radius 1 is 1.35 bits per heavy atom. The van der Waals surface area contributed by atoms with Crippen LogP contribution in [0.15, 0.2) is 24.3 Å². The number of hydrogen-bond donors (Lipinski definition) is 2. The molecular formula is C14H17N3O3. The zero-order valence-corrected chi connectivity index (χ0v) is 11.7. The highest BCUT2D eigenvalue weighted by Crippen LogP contribution is 2.12. The summed E-state index contributed by atoms with van der Waals surface area (Å²) >= 11 is 0. The molecule has 6 heteroatoms. The Bertz CT molecular complexity index is 544. The standard InChI is InChI=1S/C14H17N3O3/c1-14(2,12(18)19)17(3)13(20)16-9-11-6-4-10(8-15)5-7-11/h4-7H,9H2,1-3H3,(H,16,20)(H,18,19). The first-order valence-corrected chi connectivity index (χ1v) is 6.03. The molecule has 0 spiro atoms. The van der Waals surface area contributed by atoms with Crippen LogP contribution in [0.2, 0.25) is 0 Å². The summed E-state index contributed by atoms with van der Waals surface area (Å²) in [4.78, 5) is 24.1. The molecule has 6 nitrogen and oxygen atoms in total. The van der Waals surface area contributed by atoms with Crippen molar-refractivity contribution in [2.45, 2.75) is 25.9 Å². The number of nitrogens with zero attached hydrogens (tertiary/aromatic N) is 2. The van der Waals surface area contributed by atoms with Gasteiger partial charge in [0, 0.05) is 13.6 Å². The third-order valence-corrected chi connectivity index (χ3v) is 3.19. The number of carboxylic acids is 1. The molecule has 2 amide bonds. The molecular weight excluding hydrogens is 258 g/mol. The van der Waals surface area contributed by atoms with Gasteiger partial charge in [-0.05, 0) is 31.5 Å². The first-order chi connectivity index (χ1) is 9.28. The summed E-state index contributed by atoms with van der Waals surface area (Å²) in [5.74, 6) is -1.08. The van der Waals surface area contributed by atoms with Crippen LogP contribution in [0.1, 0.15) is 25.0 Å². The predicted octanol–water partition coefficient (Wildman–Crippen LogP) is 1.56. The Balaban J connectivity index is 2.63. The van der Waals surface area contributed by atoms with Gasteiger partial charge in [-0.15, -0.1) is 0 Å². The van der Waals surface area contributed by atoms with Gasteiger partial charge in [-0.3, -0.25) is 0 Å². The fourth-order valence-electron chi connectivity index (χ4n) is 1.39. The molecule has 2 N–H and O–H groups in total. The van der Waals surface area contributed by atoms with Crippen LogP contribution in [0.3, 0.4) is 0 Å². The van der Waals surface area contributed by atoms with Crippen LogP contribution in [0.5, 0.6) is 0 Å². The summed E-state index contributed by atoms with van der Waals surface area (Å²) in [5.41, 5.74) is 0.0949. The second-order valence-electron chi connectivity index (χ2n) is 4.89. The number of rotatable bonds is 4. The van der Waals surface area contributed by atoms with Crippen molar-refractivity contribution in [2.75, 3.05) is 7.05 Å². The Hall–Kier alpha value is -2.55. The van der Waals surface area contributed by atoms with E-state index in [-0.39, 0.29) is 6.54 Å². The minimum atomic E-state index is -1.28. The number of hydrogen-bond acceptors (Lipinski definition) is 3. The zero-order chi connectivity index (χ0) is 15.3. The second-order valence-corrected chi connectivity index (χ2v) is 4.89. The van der Waals surface area contributed by atoms with Crippen molar-refractivity contribution < 1.29 is 14.7 Å². The molecule has 0 atom stereocenters. The number of amides is 2. The van der Waals surface area contributed by atoms with Gasteiger partial charge >= 0.3 is 12.0 Å². The summed E-state index contributed by atoms with van der Waals surface area (Å²) in [6, 6.07) is 8.33. The van der Waals surface area contributed by atoms with E-state index in [1.807, 2.05) is 6.07 Å². The van der Waals surface area contributed by atoms with E-state index in [9.17, 15) is 9.59 Å². The Labute approximate surface area is 117 Å². The molecule has 1 aromatic rings. The molecule has 0 aromatic heterocycles. The Morgan fingerprint density at radius 3 is 2.35 bits per heavy atom. The molecule has 1 aromatic carbocycles. The average Bonchev–Trinajstić information content (AvgIpc) is 2.44. The van der Waals surface area contributed by atoms with Crippen LogP contribution in [0.25, 0.3) is 0 Å². The van der Waals surface area contributed by atoms with E-state index < -0.39 is 17.5 Å². The first-order valence-electron chi connectivity index (χ1n) is 6.03. The second kappa shape index (κ2) is 6.06. The fourth-order valence-corrected chi connectivity index (χ4v) is 1.39. The highest BCUT2D eigenvalue weighted by atomic mass is 16.4. The molecule has 20 heavy (non-hydrogen) atoms. The molecule has 0 saturated heterocycles. The number of likely N-dealkylation sites (N-methyl/N-ethyl adjacent to an activating group) is 1. The van der Waals surface area contributed by atoms with Crippen LogP contribution in [0.4, 0.5) is 4.79 Å². The smallest absolute Gasteiger partial charge is 0.329 e. The molecule has 0 saturated carbocycles. The number of carbonyl (C=O) groups excluding carboxylic acids is 1. The van der Waals surface area contributed by atoms with Crippen molar-refractivity contribution in [2.24, 2.45) is 0 Å². The number of benzene rings is 1. The van der Waals surface area contributed by atoms with Gasteiger partial charge in [0.05, 0.1) is 11.6 Å². The topological polar surface area (TPSA) is 93.4 Å². The minimum absolute atomic E-state index is 0.268. The molecule has 106 valence electrons. The van der Waals surface area contributed by atoms with E-state index in [4.69, 9.17) is 10.4 Å².